The van der Waals surface area contributed by atoms with E-state index in [0.717, 1.165) is 15.0 Å². The standard InChI is InChI=1S/C11H8FNS/c1-7-10(12)3-2-8-6-9(4-5-13)14-11(7)8/h2-3,6H,4H2,1H3. The van der Waals surface area contributed by atoms with Gasteiger partial charge in [-0.25, -0.2) is 4.39 Å². The van der Waals surface area contributed by atoms with Crippen LogP contribution in [0, 0.1) is 24.1 Å². The molecule has 1 aromatic carbocycles. The summed E-state index contributed by atoms with van der Waals surface area (Å²) >= 11 is 1.50. The summed E-state index contributed by atoms with van der Waals surface area (Å²) in [6.07, 6.45) is 0.403. The molecule has 0 spiro atoms. The highest BCUT2D eigenvalue weighted by atomic mass is 32.1. The molecule has 0 saturated carbocycles. The molecule has 0 atom stereocenters. The number of aryl methyl sites for hydroxylation is 1. The van der Waals surface area contributed by atoms with Crippen LogP contribution in [0.2, 0.25) is 0 Å². The van der Waals surface area contributed by atoms with Crippen molar-refractivity contribution in [2.24, 2.45) is 0 Å². The van der Waals surface area contributed by atoms with Crippen LogP contribution in [0.3, 0.4) is 0 Å². The van der Waals surface area contributed by atoms with Gasteiger partial charge < -0.3 is 0 Å². The summed E-state index contributed by atoms with van der Waals surface area (Å²) < 4.78 is 14.1. The Morgan fingerprint density at radius 3 is 3.00 bits per heavy atom. The molecule has 14 heavy (non-hydrogen) atoms. The van der Waals surface area contributed by atoms with E-state index in [1.54, 1.807) is 13.0 Å². The van der Waals surface area contributed by atoms with Crippen LogP contribution in [-0.2, 0) is 6.42 Å². The SMILES string of the molecule is Cc1c(F)ccc2cc(CC#N)sc12. The first kappa shape index (κ1) is 9.17. The van der Waals surface area contributed by atoms with Gasteiger partial charge in [0.25, 0.3) is 0 Å². The first-order chi connectivity index (χ1) is 6.72. The van der Waals surface area contributed by atoms with E-state index in [0.29, 0.717) is 12.0 Å². The maximum Gasteiger partial charge on any atom is 0.127 e. The second-order valence-corrected chi connectivity index (χ2v) is 4.28. The normalized spacial score (nSPS) is 10.4. The van der Waals surface area contributed by atoms with Crippen LogP contribution in [0.1, 0.15) is 10.4 Å². The average molecular weight is 205 g/mol. The predicted molar refractivity (Wildman–Crippen MR) is 55.8 cm³/mol. The highest BCUT2D eigenvalue weighted by molar-refractivity contribution is 7.19. The van der Waals surface area contributed by atoms with Crippen LogP contribution < -0.4 is 0 Å². The Hall–Kier alpha value is -1.40. The Kier molecular flexibility index (Phi) is 2.22. The van der Waals surface area contributed by atoms with E-state index < -0.39 is 0 Å². The zero-order chi connectivity index (χ0) is 10.1. The van der Waals surface area contributed by atoms with Gasteiger partial charge in [0, 0.05) is 15.1 Å². The number of halogens is 1. The number of rotatable bonds is 1. The predicted octanol–water partition coefficient (Wildman–Crippen LogP) is 3.41. The molecule has 0 radical (unpaired) electrons. The van der Waals surface area contributed by atoms with Crippen molar-refractivity contribution >= 4 is 21.4 Å². The molecular weight excluding hydrogens is 197 g/mol. The van der Waals surface area contributed by atoms with Crippen molar-refractivity contribution in [3.05, 3.63) is 34.5 Å². The topological polar surface area (TPSA) is 23.8 Å². The third-order valence-corrected chi connectivity index (χ3v) is 3.44. The first-order valence-electron chi connectivity index (χ1n) is 4.27. The fraction of sp³-hybridized carbons (Fsp3) is 0.182. The number of fused-ring (bicyclic) bond motifs is 1. The van der Waals surface area contributed by atoms with E-state index in [4.69, 9.17) is 5.26 Å². The molecule has 0 aliphatic rings. The van der Waals surface area contributed by atoms with E-state index in [-0.39, 0.29) is 5.82 Å². The molecule has 1 heterocycles. The van der Waals surface area contributed by atoms with Gasteiger partial charge >= 0.3 is 0 Å². The van der Waals surface area contributed by atoms with Crippen LogP contribution in [-0.4, -0.2) is 0 Å². The van der Waals surface area contributed by atoms with Crippen molar-refractivity contribution in [2.45, 2.75) is 13.3 Å². The van der Waals surface area contributed by atoms with Gasteiger partial charge in [0.15, 0.2) is 0 Å². The van der Waals surface area contributed by atoms with E-state index in [1.807, 2.05) is 6.07 Å². The lowest BCUT2D eigenvalue weighted by Crippen LogP contribution is -1.79. The fourth-order valence-electron chi connectivity index (χ4n) is 1.44. The number of benzene rings is 1. The number of nitriles is 1. The van der Waals surface area contributed by atoms with Gasteiger partial charge in [-0.05, 0) is 24.4 Å². The molecule has 1 nitrogen and oxygen atoms in total. The van der Waals surface area contributed by atoms with Crippen molar-refractivity contribution < 1.29 is 4.39 Å². The molecule has 2 aromatic rings. The Labute approximate surface area is 85.4 Å². The summed E-state index contributed by atoms with van der Waals surface area (Å²) in [5.74, 6) is -0.178. The van der Waals surface area contributed by atoms with E-state index in [9.17, 15) is 4.39 Å². The van der Waals surface area contributed by atoms with Crippen molar-refractivity contribution in [2.75, 3.05) is 0 Å². The third kappa shape index (κ3) is 1.38. The summed E-state index contributed by atoms with van der Waals surface area (Å²) in [7, 11) is 0. The molecule has 70 valence electrons. The minimum absolute atomic E-state index is 0.178. The monoisotopic (exact) mass is 205 g/mol. The summed E-state index contributed by atoms with van der Waals surface area (Å²) in [5.41, 5.74) is 0.677. The van der Waals surface area contributed by atoms with E-state index in [2.05, 4.69) is 6.07 Å². The molecule has 0 aliphatic heterocycles. The molecule has 0 N–H and O–H groups in total. The highest BCUT2D eigenvalue weighted by Gasteiger charge is 2.07. The molecule has 0 bridgehead atoms. The molecule has 0 amide bonds. The average Bonchev–Trinajstić information content (AvgIpc) is 2.56. The molecule has 0 unspecified atom stereocenters. The summed E-state index contributed by atoms with van der Waals surface area (Å²) in [4.78, 5) is 0.996. The number of nitrogens with zero attached hydrogens (tertiary/aromatic N) is 1. The van der Waals surface area contributed by atoms with Crippen LogP contribution in [0.4, 0.5) is 4.39 Å². The first-order valence-corrected chi connectivity index (χ1v) is 5.08. The van der Waals surface area contributed by atoms with Crippen molar-refractivity contribution in [3.63, 3.8) is 0 Å². The van der Waals surface area contributed by atoms with E-state index >= 15 is 0 Å². The molecular formula is C11H8FNS. The second-order valence-electron chi connectivity index (χ2n) is 3.14. The Morgan fingerprint density at radius 2 is 2.29 bits per heavy atom. The lowest BCUT2D eigenvalue weighted by Gasteiger charge is -1.95. The summed E-state index contributed by atoms with van der Waals surface area (Å²) in [5, 5.41) is 9.58. The van der Waals surface area contributed by atoms with Gasteiger partial charge in [-0.3, -0.25) is 0 Å². The number of thiophene rings is 1. The quantitative estimate of drug-likeness (QED) is 0.699. The fourth-order valence-corrected chi connectivity index (χ4v) is 2.52. The van der Waals surface area contributed by atoms with Crippen LogP contribution in [0.25, 0.3) is 10.1 Å². The van der Waals surface area contributed by atoms with Crippen LogP contribution in [0.15, 0.2) is 18.2 Å². The molecule has 1 aromatic heterocycles. The minimum atomic E-state index is -0.178. The lowest BCUT2D eigenvalue weighted by atomic mass is 10.1. The second kappa shape index (κ2) is 3.39. The molecule has 0 aliphatic carbocycles. The van der Waals surface area contributed by atoms with E-state index in [1.165, 1.54) is 17.4 Å². The molecule has 0 saturated heterocycles. The van der Waals surface area contributed by atoms with Gasteiger partial charge in [-0.1, -0.05) is 6.07 Å². The number of hydrogen-bond donors (Lipinski definition) is 0. The Balaban J connectivity index is 2.66. The molecule has 3 heteroatoms. The van der Waals surface area contributed by atoms with Gasteiger partial charge in [-0.15, -0.1) is 11.3 Å². The lowest BCUT2D eigenvalue weighted by molar-refractivity contribution is 0.621. The maximum absolute atomic E-state index is 13.2. The zero-order valence-electron chi connectivity index (χ0n) is 7.67. The van der Waals surface area contributed by atoms with Crippen molar-refractivity contribution in [1.29, 1.82) is 5.26 Å². The third-order valence-electron chi connectivity index (χ3n) is 2.17. The Bertz CT molecular complexity index is 522. The maximum atomic E-state index is 13.2. The van der Waals surface area contributed by atoms with Crippen molar-refractivity contribution in [1.82, 2.24) is 0 Å². The molecule has 0 fully saturated rings. The van der Waals surface area contributed by atoms with Gasteiger partial charge in [-0.2, -0.15) is 5.26 Å². The number of hydrogen-bond acceptors (Lipinski definition) is 2. The smallest absolute Gasteiger partial charge is 0.127 e. The van der Waals surface area contributed by atoms with Gasteiger partial charge in [0.1, 0.15) is 5.82 Å². The Morgan fingerprint density at radius 1 is 1.50 bits per heavy atom. The zero-order valence-corrected chi connectivity index (χ0v) is 8.49. The summed E-state index contributed by atoms with van der Waals surface area (Å²) in [6, 6.07) is 7.28. The van der Waals surface area contributed by atoms with Crippen LogP contribution >= 0.6 is 11.3 Å². The van der Waals surface area contributed by atoms with Gasteiger partial charge in [0.05, 0.1) is 12.5 Å². The molecule has 2 rings (SSSR count). The van der Waals surface area contributed by atoms with Crippen LogP contribution in [0.5, 0.6) is 0 Å². The van der Waals surface area contributed by atoms with Gasteiger partial charge in [0.2, 0.25) is 0 Å². The van der Waals surface area contributed by atoms with Crippen molar-refractivity contribution in [3.8, 4) is 6.07 Å². The highest BCUT2D eigenvalue weighted by Crippen LogP contribution is 2.29. The minimum Gasteiger partial charge on any atom is -0.207 e. The largest absolute Gasteiger partial charge is 0.207 e. The summed E-state index contributed by atoms with van der Waals surface area (Å²) in [6.45, 7) is 1.77.